The highest BCUT2D eigenvalue weighted by atomic mass is 28.3. The minimum Gasteiger partial charge on any atom is -0.413 e. The molecule has 0 aliphatic rings. The highest BCUT2D eigenvalue weighted by molar-refractivity contribution is 6.48. The maximum absolute atomic E-state index is 6.60. The fraction of sp³-hybridized carbons (Fsp3) is 0.905. The molecule has 2 heteroatoms. The van der Waals surface area contributed by atoms with Gasteiger partial charge in [0.1, 0.15) is 0 Å². The van der Waals surface area contributed by atoms with E-state index in [0.717, 1.165) is 0 Å². The summed E-state index contributed by atoms with van der Waals surface area (Å²) in [5, 5.41) is 0. The molecule has 0 aromatic rings. The molecule has 138 valence electrons. The van der Waals surface area contributed by atoms with Crippen LogP contribution in [-0.4, -0.2) is 15.1 Å². The van der Waals surface area contributed by atoms with Crippen LogP contribution in [0.5, 0.6) is 0 Å². The Hall–Kier alpha value is -0.0831. The molecule has 0 spiro atoms. The van der Waals surface area contributed by atoms with E-state index in [1.165, 1.54) is 57.8 Å². The van der Waals surface area contributed by atoms with Crippen LogP contribution in [0.3, 0.4) is 0 Å². The van der Waals surface area contributed by atoms with Crippen molar-refractivity contribution < 1.29 is 4.43 Å². The second-order valence-electron chi connectivity index (χ2n) is 8.37. The van der Waals surface area contributed by atoms with E-state index in [4.69, 9.17) is 4.43 Å². The van der Waals surface area contributed by atoms with Crippen LogP contribution in [0, 0.1) is 5.41 Å². The van der Waals surface area contributed by atoms with Gasteiger partial charge in [-0.2, -0.15) is 0 Å². The molecule has 0 aromatic carbocycles. The minimum atomic E-state index is -1.05. The Bertz CT molecular complexity index is 315. The molecule has 0 aliphatic heterocycles. The lowest BCUT2D eigenvalue weighted by molar-refractivity contribution is 0.113. The second kappa shape index (κ2) is 12.3. The third kappa shape index (κ3) is 9.71. The van der Waals surface area contributed by atoms with Crippen LogP contribution in [-0.2, 0) is 4.43 Å². The Balaban J connectivity index is 5.67. The fourth-order valence-electron chi connectivity index (χ4n) is 3.17. The normalized spacial score (nSPS) is 13.4. The summed E-state index contributed by atoms with van der Waals surface area (Å²) in [5.41, 5.74) is 3.60. The van der Waals surface area contributed by atoms with Gasteiger partial charge < -0.3 is 4.43 Å². The van der Waals surface area contributed by atoms with Gasteiger partial charge in [0, 0.05) is 0 Å². The SMILES string of the molecule is CCCCC(CCCC)=C(CCCC)C(O[SiH](C)C)C(C)(C)C. The molecule has 23 heavy (non-hydrogen) atoms. The zero-order valence-corrected chi connectivity index (χ0v) is 18.6. The van der Waals surface area contributed by atoms with Crippen LogP contribution in [0.25, 0.3) is 0 Å². The average Bonchev–Trinajstić information content (AvgIpc) is 2.46. The largest absolute Gasteiger partial charge is 0.413 e. The van der Waals surface area contributed by atoms with Gasteiger partial charge in [-0.25, -0.2) is 0 Å². The van der Waals surface area contributed by atoms with Crippen LogP contribution in [0.15, 0.2) is 11.1 Å². The van der Waals surface area contributed by atoms with Gasteiger partial charge >= 0.3 is 0 Å². The summed E-state index contributed by atoms with van der Waals surface area (Å²) in [7, 11) is -1.05. The van der Waals surface area contributed by atoms with Crippen LogP contribution in [0.4, 0.5) is 0 Å². The molecule has 0 amide bonds. The summed E-state index contributed by atoms with van der Waals surface area (Å²) in [6.07, 6.45) is 11.9. The predicted molar refractivity (Wildman–Crippen MR) is 109 cm³/mol. The highest BCUT2D eigenvalue weighted by Gasteiger charge is 2.30. The van der Waals surface area contributed by atoms with Gasteiger partial charge in [-0.15, -0.1) is 0 Å². The van der Waals surface area contributed by atoms with E-state index in [9.17, 15) is 0 Å². The Labute approximate surface area is 149 Å². The minimum absolute atomic E-state index is 0.198. The number of rotatable bonds is 12. The van der Waals surface area contributed by atoms with Crippen molar-refractivity contribution in [3.8, 4) is 0 Å². The molecular formula is C21H44OSi. The molecule has 0 fully saturated rings. The Kier molecular flexibility index (Phi) is 12.3. The second-order valence-corrected chi connectivity index (χ2v) is 10.7. The fourth-order valence-corrected chi connectivity index (χ4v) is 4.28. The van der Waals surface area contributed by atoms with Gasteiger partial charge in [0.25, 0.3) is 0 Å². The van der Waals surface area contributed by atoms with Crippen LogP contribution < -0.4 is 0 Å². The Morgan fingerprint density at radius 3 is 1.61 bits per heavy atom. The lowest BCUT2D eigenvalue weighted by Crippen LogP contribution is -2.35. The van der Waals surface area contributed by atoms with Crippen molar-refractivity contribution >= 4 is 9.04 Å². The zero-order valence-electron chi connectivity index (χ0n) is 17.4. The molecule has 0 aliphatic carbocycles. The summed E-state index contributed by atoms with van der Waals surface area (Å²) in [4.78, 5) is 0. The molecule has 0 rings (SSSR count). The van der Waals surface area contributed by atoms with Gasteiger partial charge in [-0.3, -0.25) is 0 Å². The van der Waals surface area contributed by atoms with Gasteiger partial charge in [0.15, 0.2) is 9.04 Å². The van der Waals surface area contributed by atoms with E-state index < -0.39 is 9.04 Å². The third-order valence-corrected chi connectivity index (χ3v) is 5.25. The predicted octanol–water partition coefficient (Wildman–Crippen LogP) is 7.27. The quantitative estimate of drug-likeness (QED) is 0.268. The first kappa shape index (κ1) is 22.9. The number of hydrogen-bond acceptors (Lipinski definition) is 1. The number of allylic oxidation sites excluding steroid dienone is 1. The summed E-state index contributed by atoms with van der Waals surface area (Å²) >= 11 is 0. The monoisotopic (exact) mass is 340 g/mol. The smallest absolute Gasteiger partial charge is 0.171 e. The first-order valence-corrected chi connectivity index (χ1v) is 12.9. The van der Waals surface area contributed by atoms with E-state index in [1.807, 2.05) is 0 Å². The van der Waals surface area contributed by atoms with Gasteiger partial charge in [-0.1, -0.05) is 66.4 Å². The first-order chi connectivity index (χ1) is 10.8. The summed E-state index contributed by atoms with van der Waals surface area (Å²) in [6.45, 7) is 18.6. The highest BCUT2D eigenvalue weighted by Crippen LogP contribution is 2.36. The molecule has 0 saturated heterocycles. The average molecular weight is 341 g/mol. The van der Waals surface area contributed by atoms with Crippen molar-refractivity contribution in [3.05, 3.63) is 11.1 Å². The molecule has 0 radical (unpaired) electrons. The Morgan fingerprint density at radius 1 is 0.826 bits per heavy atom. The standard InChI is InChI=1S/C21H44OSi/c1-9-12-15-18(16-13-10-2)19(17-14-11-3)20(21(4,5)6)22-23(7)8/h20,23H,9-17H2,1-8H3. The molecule has 0 N–H and O–H groups in total. The van der Waals surface area contributed by atoms with E-state index in [-0.39, 0.29) is 5.41 Å². The van der Waals surface area contributed by atoms with Crippen molar-refractivity contribution in [1.29, 1.82) is 0 Å². The van der Waals surface area contributed by atoms with Gasteiger partial charge in [0.05, 0.1) is 6.10 Å². The van der Waals surface area contributed by atoms with E-state index in [2.05, 4.69) is 54.6 Å². The summed E-state index contributed by atoms with van der Waals surface area (Å²) in [6, 6.07) is 0. The molecule has 0 saturated carbocycles. The van der Waals surface area contributed by atoms with Crippen LogP contribution in [0.2, 0.25) is 13.1 Å². The van der Waals surface area contributed by atoms with E-state index in [1.54, 1.807) is 11.1 Å². The molecule has 0 heterocycles. The number of hydrogen-bond donors (Lipinski definition) is 0. The zero-order chi connectivity index (χ0) is 17.9. The maximum Gasteiger partial charge on any atom is 0.171 e. The van der Waals surface area contributed by atoms with Crippen molar-refractivity contribution in [3.63, 3.8) is 0 Å². The van der Waals surface area contributed by atoms with Crippen molar-refractivity contribution in [2.24, 2.45) is 5.41 Å². The van der Waals surface area contributed by atoms with Crippen LogP contribution in [0.1, 0.15) is 99.3 Å². The van der Waals surface area contributed by atoms with Crippen molar-refractivity contribution in [2.75, 3.05) is 0 Å². The van der Waals surface area contributed by atoms with Gasteiger partial charge in [-0.05, 0) is 62.6 Å². The van der Waals surface area contributed by atoms with Gasteiger partial charge in [0.2, 0.25) is 0 Å². The molecule has 1 nitrogen and oxygen atoms in total. The first-order valence-electron chi connectivity index (χ1n) is 10.1. The van der Waals surface area contributed by atoms with Crippen LogP contribution >= 0.6 is 0 Å². The summed E-state index contributed by atoms with van der Waals surface area (Å²) in [5.74, 6) is 0. The Morgan fingerprint density at radius 2 is 1.26 bits per heavy atom. The topological polar surface area (TPSA) is 9.23 Å². The molecule has 0 bridgehead atoms. The molecule has 1 atom stereocenters. The lowest BCUT2D eigenvalue weighted by Gasteiger charge is -2.36. The van der Waals surface area contributed by atoms with E-state index >= 15 is 0 Å². The molecular weight excluding hydrogens is 296 g/mol. The number of unbranched alkanes of at least 4 members (excludes halogenated alkanes) is 3. The molecule has 1 unspecified atom stereocenters. The summed E-state index contributed by atoms with van der Waals surface area (Å²) < 4.78 is 6.60. The maximum atomic E-state index is 6.60. The third-order valence-electron chi connectivity index (χ3n) is 4.43. The lowest BCUT2D eigenvalue weighted by atomic mass is 9.79. The van der Waals surface area contributed by atoms with Crippen molar-refractivity contribution in [1.82, 2.24) is 0 Å². The molecule has 0 aromatic heterocycles. The van der Waals surface area contributed by atoms with E-state index in [0.29, 0.717) is 6.10 Å². The van der Waals surface area contributed by atoms with Crippen molar-refractivity contribution in [2.45, 2.75) is 119 Å².